The van der Waals surface area contributed by atoms with Crippen molar-refractivity contribution in [1.29, 1.82) is 0 Å². The second-order valence-corrected chi connectivity index (χ2v) is 25.4. The zero-order chi connectivity index (χ0) is 67.8. The molecule has 2 aliphatic rings. The monoisotopic (exact) mass is 1530 g/mol. The molecule has 5 N–H and O–H groups in total. The van der Waals surface area contributed by atoms with Crippen molar-refractivity contribution < 1.29 is 52.3 Å². The minimum absolute atomic E-state index is 0. The molecule has 0 saturated carbocycles. The van der Waals surface area contributed by atoms with Crippen LogP contribution in [0.3, 0.4) is 0 Å². The molecule has 0 radical (unpaired) electrons. The van der Waals surface area contributed by atoms with Crippen molar-refractivity contribution in [3.05, 3.63) is 228 Å². The number of carbonyl (C=O) groups excluding carboxylic acids is 3. The number of rotatable bonds is 20. The van der Waals surface area contributed by atoms with E-state index in [1.54, 1.807) is 75.7 Å². The lowest BCUT2D eigenvalue weighted by Gasteiger charge is -2.20. The highest BCUT2D eigenvalue weighted by Crippen LogP contribution is 2.32. The first-order valence-electron chi connectivity index (χ1n) is 30.0. The van der Waals surface area contributed by atoms with Gasteiger partial charge in [-0.25, -0.2) is 9.59 Å². The first-order chi connectivity index (χ1) is 45.8. The summed E-state index contributed by atoms with van der Waals surface area (Å²) in [6.45, 7) is 5.46. The number of nitrogens with zero attached hydrogens (tertiary/aromatic N) is 1. The van der Waals surface area contributed by atoms with Crippen LogP contribution in [0, 0.1) is 0 Å². The SMILES string of the molecule is Br.COc1ccc(S)cc1.COc1ccc(SCCCC(=O)OCc2ccccc2)cc1.COc1ccc(SCCN)cc1.COc1ccc2c(c1)CN(C(=O)OCc1ccccc1)CCS2.COc1ccc2c(c1)CNCCS2.Cl.NCCCl.O=C(Cl)OCc1ccccc1. The molecule has 96 heavy (non-hydrogen) atoms. The normalized spacial score (nSPS) is 11.3. The van der Waals surface area contributed by atoms with Crippen LogP contribution in [0.5, 0.6) is 28.7 Å². The smallest absolute Gasteiger partial charge is 0.410 e. The van der Waals surface area contributed by atoms with Gasteiger partial charge in [-0.2, -0.15) is 0 Å². The molecule has 10 rings (SSSR count). The van der Waals surface area contributed by atoms with Gasteiger partial charge in [-0.05, 0) is 149 Å². The minimum atomic E-state index is -0.770. The maximum Gasteiger partial charge on any atom is 0.410 e. The molecule has 2 heterocycles. The number of halogens is 4. The van der Waals surface area contributed by atoms with E-state index in [9.17, 15) is 14.4 Å². The van der Waals surface area contributed by atoms with E-state index in [-0.39, 0.29) is 48.1 Å². The highest BCUT2D eigenvalue weighted by molar-refractivity contribution is 8.93. The molecule has 15 nitrogen and oxygen atoms in total. The molecule has 8 aromatic carbocycles. The molecule has 0 atom stereocenters. The molecule has 0 unspecified atom stereocenters. The molecule has 0 fully saturated rings. The number of nitrogens with two attached hydrogens (primary N) is 2. The van der Waals surface area contributed by atoms with Gasteiger partial charge < -0.3 is 59.6 Å². The van der Waals surface area contributed by atoms with Crippen molar-refractivity contribution in [2.75, 3.05) is 90.6 Å². The van der Waals surface area contributed by atoms with E-state index in [1.165, 1.54) is 25.1 Å². The van der Waals surface area contributed by atoms with E-state index < -0.39 is 5.43 Å². The number of alkyl halides is 1. The van der Waals surface area contributed by atoms with E-state index in [0.29, 0.717) is 45.1 Å². The first-order valence-corrected chi connectivity index (χ1v) is 35.3. The molecule has 8 aromatic rings. The van der Waals surface area contributed by atoms with Crippen molar-refractivity contribution in [3.8, 4) is 28.7 Å². The lowest BCUT2D eigenvalue weighted by molar-refractivity contribution is -0.144. The van der Waals surface area contributed by atoms with Crippen LogP contribution in [0.4, 0.5) is 9.59 Å². The molecule has 0 aromatic heterocycles. The van der Waals surface area contributed by atoms with Crippen LogP contribution >= 0.6 is 112 Å². The summed E-state index contributed by atoms with van der Waals surface area (Å²) in [4.78, 5) is 41.9. The molecule has 24 heteroatoms. The quantitative estimate of drug-likeness (QED) is 0.0107. The largest absolute Gasteiger partial charge is 0.497 e. The Kier molecular flexibility index (Phi) is 48.3. The molecule has 0 saturated heterocycles. The maximum absolute atomic E-state index is 12.4. The van der Waals surface area contributed by atoms with E-state index in [2.05, 4.69) is 40.9 Å². The molecule has 1 amide bonds. The van der Waals surface area contributed by atoms with E-state index >= 15 is 0 Å². The summed E-state index contributed by atoms with van der Waals surface area (Å²) in [6, 6.07) is 64.6. The van der Waals surface area contributed by atoms with E-state index in [0.717, 1.165) is 105 Å². The Morgan fingerprint density at radius 3 is 1.42 bits per heavy atom. The third kappa shape index (κ3) is 37.6. The Labute approximate surface area is 616 Å². The molecule has 2 aliphatic heterocycles. The second kappa shape index (κ2) is 53.9. The van der Waals surface area contributed by atoms with Crippen LogP contribution in [0.1, 0.15) is 40.7 Å². The van der Waals surface area contributed by atoms with Crippen molar-refractivity contribution in [1.82, 2.24) is 10.2 Å². The topological polar surface area (TPSA) is 192 Å². The summed E-state index contributed by atoms with van der Waals surface area (Å²) in [5.41, 5.74) is 14.9. The van der Waals surface area contributed by atoms with Crippen LogP contribution < -0.4 is 40.5 Å². The second-order valence-electron chi connectivity index (χ2n) is 19.6. The van der Waals surface area contributed by atoms with Crippen molar-refractivity contribution >= 4 is 130 Å². The average Bonchev–Trinajstić information content (AvgIpc) is 1.66. The Morgan fingerprint density at radius 2 is 0.958 bits per heavy atom. The zero-order valence-electron chi connectivity index (χ0n) is 54.6. The van der Waals surface area contributed by atoms with Gasteiger partial charge in [0.2, 0.25) is 0 Å². The lowest BCUT2D eigenvalue weighted by Crippen LogP contribution is -2.32. The average molecular weight is 1530 g/mol. The Hall–Kier alpha value is -6.05. The number of nitrogens with one attached hydrogen (secondary N) is 1. The number of hydrogen-bond donors (Lipinski definition) is 4. The number of hydrogen-bond acceptors (Lipinski definition) is 19. The predicted molar refractivity (Wildman–Crippen MR) is 408 cm³/mol. The summed E-state index contributed by atoms with van der Waals surface area (Å²) in [5, 5.41) is 3.38. The number of benzene rings is 8. The number of fused-ring (bicyclic) bond motifs is 2. The highest BCUT2D eigenvalue weighted by Gasteiger charge is 2.21. The van der Waals surface area contributed by atoms with Crippen molar-refractivity contribution in [2.24, 2.45) is 11.5 Å². The standard InChI is InChI=1S/C18H19NO3S.C18H20O3S.C10H13NOS.C9H13NOS.C8H7ClO2.C7H8OS.C2H6ClN.BrH.ClH/c1-21-16-7-8-17-15(11-16)12-19(9-10-23-17)18(20)22-13-14-5-3-2-4-6-14;1-20-16-9-11-17(12-10-16)22-13-5-8-18(19)21-14-15-6-3-2-4-7-15;1-12-9-2-3-10-8(6-9)7-11-4-5-13-10;1-11-8-2-4-9(5-3-8)12-7-6-10;9-8(10)11-6-7-4-2-1-3-5-7;1-8-6-2-4-7(9)5-3-6;3-1-2-4;;/h2-8,11H,9-10,12-13H2,1H3;2-4,6-7,9-12H,5,8,13-14H2,1H3;2-3,6,11H,4-5,7H2,1H3;2-5H,6-7,10H2,1H3;1-5H,6H2;2-5,9H,1H3;1-2,4H2;2*1H. The van der Waals surface area contributed by atoms with Crippen LogP contribution in [-0.2, 0) is 51.9 Å². The Bertz CT molecular complexity index is 3330. The number of thiol groups is 1. The van der Waals surface area contributed by atoms with E-state index in [1.807, 2.05) is 194 Å². The fourth-order valence-corrected chi connectivity index (χ4v) is 11.6. The number of esters is 1. The maximum atomic E-state index is 12.4. The number of amides is 1. The van der Waals surface area contributed by atoms with Gasteiger partial charge in [-0.3, -0.25) is 4.79 Å². The fourth-order valence-electron chi connectivity index (χ4n) is 7.92. The van der Waals surface area contributed by atoms with Gasteiger partial charge in [0.1, 0.15) is 48.6 Å². The molecule has 0 aliphatic carbocycles. The summed E-state index contributed by atoms with van der Waals surface area (Å²) < 4.78 is 40.8. The summed E-state index contributed by atoms with van der Waals surface area (Å²) in [7, 11) is 8.33. The fraction of sp³-hybridized carbons (Fsp3) is 0.292. The minimum Gasteiger partial charge on any atom is -0.497 e. The Balaban J connectivity index is 0.000000398. The number of thioether (sulfide) groups is 4. The van der Waals surface area contributed by atoms with Crippen molar-refractivity contribution in [3.63, 3.8) is 0 Å². The molecule has 520 valence electrons. The predicted octanol–water partition coefficient (Wildman–Crippen LogP) is 17.6. The van der Waals surface area contributed by atoms with Gasteiger partial charge in [0.25, 0.3) is 0 Å². The van der Waals surface area contributed by atoms with Crippen LogP contribution in [-0.4, -0.2) is 113 Å². The summed E-state index contributed by atoms with van der Waals surface area (Å²) in [6.07, 6.45) is 0.991. The van der Waals surface area contributed by atoms with Gasteiger partial charge in [0.15, 0.2) is 0 Å². The highest BCUT2D eigenvalue weighted by atomic mass is 79.9. The number of methoxy groups -OCH3 is 5. The third-order valence-electron chi connectivity index (χ3n) is 12.7. The zero-order valence-corrected chi connectivity index (χ0v) is 62.8. The number of ether oxygens (including phenoxy) is 8. The summed E-state index contributed by atoms with van der Waals surface area (Å²) >= 11 is 21.3. The van der Waals surface area contributed by atoms with Crippen LogP contribution in [0.15, 0.2) is 225 Å². The van der Waals surface area contributed by atoms with Crippen molar-refractivity contribution in [2.45, 2.75) is 70.2 Å². The number of carbonyl (C=O) groups is 3. The van der Waals surface area contributed by atoms with Crippen LogP contribution in [0.2, 0.25) is 0 Å². The third-order valence-corrected chi connectivity index (χ3v) is 17.7. The van der Waals surface area contributed by atoms with Gasteiger partial charge in [-0.1, -0.05) is 91.0 Å². The van der Waals surface area contributed by atoms with Crippen LogP contribution in [0.25, 0.3) is 0 Å². The van der Waals surface area contributed by atoms with Gasteiger partial charge in [-0.15, -0.1) is 101 Å². The summed E-state index contributed by atoms with van der Waals surface area (Å²) in [5.74, 6) is 8.68. The van der Waals surface area contributed by atoms with Gasteiger partial charge in [0, 0.05) is 98.4 Å². The molecule has 0 spiro atoms. The Morgan fingerprint density at radius 1 is 0.542 bits per heavy atom. The van der Waals surface area contributed by atoms with Gasteiger partial charge in [0.05, 0.1) is 42.1 Å². The molecular weight excluding hydrogens is 1440 g/mol. The van der Waals surface area contributed by atoms with E-state index in [4.69, 9.17) is 67.8 Å². The first kappa shape index (κ1) is 86.0. The molecular formula is C72H88BrCl3N4O11S5. The lowest BCUT2D eigenvalue weighted by atomic mass is 10.2. The molecule has 0 bridgehead atoms. The van der Waals surface area contributed by atoms with Gasteiger partial charge >= 0.3 is 17.5 Å².